The molecule has 0 saturated carbocycles. The van der Waals surface area contributed by atoms with Crippen molar-refractivity contribution in [3.8, 4) is 0 Å². The van der Waals surface area contributed by atoms with Crippen molar-refractivity contribution < 1.29 is 0 Å². The van der Waals surface area contributed by atoms with Gasteiger partial charge < -0.3 is 5.73 Å². The second-order valence-electron chi connectivity index (χ2n) is 5.10. The molecule has 0 spiro atoms. The van der Waals surface area contributed by atoms with Gasteiger partial charge >= 0.3 is 0 Å². The molecule has 0 amide bonds. The van der Waals surface area contributed by atoms with Crippen LogP contribution in [0.1, 0.15) is 35.8 Å². The lowest BCUT2D eigenvalue weighted by molar-refractivity contribution is 0.358. The molecule has 1 nitrogen and oxygen atoms in total. The van der Waals surface area contributed by atoms with Crippen LogP contribution in [0.15, 0.2) is 41.8 Å². The lowest BCUT2D eigenvalue weighted by Crippen LogP contribution is -2.48. The largest absolute Gasteiger partial charge is 0.327 e. The van der Waals surface area contributed by atoms with Gasteiger partial charge in [-0.3, -0.25) is 0 Å². The van der Waals surface area contributed by atoms with Crippen LogP contribution in [0.2, 0.25) is 0 Å². The Morgan fingerprint density at radius 1 is 1.28 bits per heavy atom. The van der Waals surface area contributed by atoms with Crippen molar-refractivity contribution in [1.82, 2.24) is 0 Å². The van der Waals surface area contributed by atoms with Crippen LogP contribution < -0.4 is 5.73 Å². The number of thiophene rings is 1. The van der Waals surface area contributed by atoms with Crippen molar-refractivity contribution >= 4 is 11.3 Å². The molecule has 0 bridgehead atoms. The van der Waals surface area contributed by atoms with Crippen LogP contribution in [0.4, 0.5) is 0 Å². The van der Waals surface area contributed by atoms with E-state index in [1.807, 2.05) is 11.3 Å². The van der Waals surface area contributed by atoms with Gasteiger partial charge in [0.15, 0.2) is 0 Å². The summed E-state index contributed by atoms with van der Waals surface area (Å²) in [5.74, 6) is 0. The number of benzene rings is 1. The molecule has 1 aliphatic rings. The molecular weight excluding hydrogens is 238 g/mol. The van der Waals surface area contributed by atoms with E-state index in [0.717, 1.165) is 19.3 Å². The van der Waals surface area contributed by atoms with Crippen molar-refractivity contribution in [2.45, 2.75) is 37.6 Å². The molecule has 0 aliphatic heterocycles. The Hall–Kier alpha value is -1.12. The third-order valence-corrected chi connectivity index (χ3v) is 5.42. The normalized spacial score (nSPS) is 26.9. The minimum Gasteiger partial charge on any atom is -0.327 e. The molecule has 94 valence electrons. The lowest BCUT2D eigenvalue weighted by Gasteiger charge is -2.43. The predicted octanol–water partition coefficient (Wildman–Crippen LogP) is 3.72. The molecule has 2 unspecified atom stereocenters. The fraction of sp³-hybridized carbons (Fsp3) is 0.375. The summed E-state index contributed by atoms with van der Waals surface area (Å²) in [6.07, 6.45) is 3.28. The average Bonchev–Trinajstić information content (AvgIpc) is 2.93. The van der Waals surface area contributed by atoms with Gasteiger partial charge in [0.25, 0.3) is 0 Å². The van der Waals surface area contributed by atoms with Gasteiger partial charge in [-0.15, -0.1) is 11.3 Å². The van der Waals surface area contributed by atoms with Crippen LogP contribution in [-0.4, -0.2) is 6.04 Å². The van der Waals surface area contributed by atoms with Crippen LogP contribution in [0, 0.1) is 0 Å². The molecule has 2 heteroatoms. The van der Waals surface area contributed by atoms with E-state index < -0.39 is 0 Å². The first-order valence-electron chi connectivity index (χ1n) is 6.67. The Balaban J connectivity index is 2.24. The fourth-order valence-corrected chi connectivity index (χ4v) is 4.48. The van der Waals surface area contributed by atoms with E-state index in [1.165, 1.54) is 16.0 Å². The molecule has 2 atom stereocenters. The highest BCUT2D eigenvalue weighted by molar-refractivity contribution is 7.10. The van der Waals surface area contributed by atoms with Gasteiger partial charge in [0.1, 0.15) is 0 Å². The topological polar surface area (TPSA) is 26.0 Å². The Bertz CT molecular complexity index is 532. The van der Waals surface area contributed by atoms with Crippen molar-refractivity contribution in [3.05, 3.63) is 57.8 Å². The van der Waals surface area contributed by atoms with Gasteiger partial charge in [0.05, 0.1) is 0 Å². The monoisotopic (exact) mass is 257 g/mol. The molecular formula is C16H19NS. The zero-order valence-corrected chi connectivity index (χ0v) is 11.5. The van der Waals surface area contributed by atoms with Gasteiger partial charge in [-0.2, -0.15) is 0 Å². The van der Waals surface area contributed by atoms with Gasteiger partial charge in [0.2, 0.25) is 0 Å². The summed E-state index contributed by atoms with van der Waals surface area (Å²) in [6, 6.07) is 13.4. The molecule has 18 heavy (non-hydrogen) atoms. The third kappa shape index (κ3) is 1.56. The number of nitrogens with two attached hydrogens (primary N) is 1. The standard InChI is InChI=1S/C16H19NS/c1-2-16(15-8-5-11-18-15)13-7-4-3-6-12(13)9-10-14(16)17/h3-8,11,14H,2,9-10,17H2,1H3. The summed E-state index contributed by atoms with van der Waals surface area (Å²) >= 11 is 1.84. The van der Waals surface area contributed by atoms with Gasteiger partial charge in [0, 0.05) is 16.3 Å². The minimum absolute atomic E-state index is 0.0308. The van der Waals surface area contributed by atoms with Gasteiger partial charge in [-0.1, -0.05) is 37.3 Å². The second-order valence-corrected chi connectivity index (χ2v) is 6.05. The van der Waals surface area contributed by atoms with Crippen LogP contribution in [0.5, 0.6) is 0 Å². The Morgan fingerprint density at radius 3 is 2.83 bits per heavy atom. The molecule has 2 aromatic rings. The third-order valence-electron chi connectivity index (χ3n) is 4.37. The summed E-state index contributed by atoms with van der Waals surface area (Å²) < 4.78 is 0. The zero-order valence-electron chi connectivity index (χ0n) is 10.7. The first kappa shape index (κ1) is 11.9. The van der Waals surface area contributed by atoms with E-state index >= 15 is 0 Å². The quantitative estimate of drug-likeness (QED) is 0.872. The van der Waals surface area contributed by atoms with Crippen molar-refractivity contribution in [2.75, 3.05) is 0 Å². The molecule has 1 heterocycles. The summed E-state index contributed by atoms with van der Waals surface area (Å²) in [4.78, 5) is 1.42. The van der Waals surface area contributed by atoms with Gasteiger partial charge in [-0.25, -0.2) is 0 Å². The maximum Gasteiger partial charge on any atom is 0.0447 e. The molecule has 0 saturated heterocycles. The van der Waals surface area contributed by atoms with Crippen molar-refractivity contribution in [3.63, 3.8) is 0 Å². The van der Waals surface area contributed by atoms with E-state index in [4.69, 9.17) is 5.73 Å². The molecule has 0 radical (unpaired) electrons. The fourth-order valence-electron chi connectivity index (χ4n) is 3.41. The molecule has 1 aromatic heterocycles. The molecule has 1 aliphatic carbocycles. The average molecular weight is 257 g/mol. The maximum atomic E-state index is 6.54. The Morgan fingerprint density at radius 2 is 2.11 bits per heavy atom. The summed E-state index contributed by atoms with van der Waals surface area (Å²) in [7, 11) is 0. The number of rotatable bonds is 2. The Kier molecular flexibility index (Phi) is 3.00. The lowest BCUT2D eigenvalue weighted by atomic mass is 9.64. The highest BCUT2D eigenvalue weighted by Gasteiger charge is 2.43. The number of hydrogen-bond acceptors (Lipinski definition) is 2. The highest BCUT2D eigenvalue weighted by atomic mass is 32.1. The highest BCUT2D eigenvalue weighted by Crippen LogP contribution is 2.45. The Labute approximate surface area is 113 Å². The second kappa shape index (κ2) is 4.52. The van der Waals surface area contributed by atoms with E-state index in [0.29, 0.717) is 0 Å². The number of aryl methyl sites for hydroxylation is 1. The van der Waals surface area contributed by atoms with Crippen LogP contribution >= 0.6 is 11.3 Å². The van der Waals surface area contributed by atoms with Crippen LogP contribution in [0.3, 0.4) is 0 Å². The van der Waals surface area contributed by atoms with E-state index in [-0.39, 0.29) is 11.5 Å². The molecule has 2 N–H and O–H groups in total. The zero-order chi connectivity index (χ0) is 12.6. The summed E-state index contributed by atoms with van der Waals surface area (Å²) in [6.45, 7) is 2.27. The predicted molar refractivity (Wildman–Crippen MR) is 78.1 cm³/mol. The molecule has 3 rings (SSSR count). The van der Waals surface area contributed by atoms with Crippen LogP contribution in [-0.2, 0) is 11.8 Å². The van der Waals surface area contributed by atoms with E-state index in [2.05, 4.69) is 48.7 Å². The molecule has 1 aromatic carbocycles. The minimum atomic E-state index is 0.0308. The maximum absolute atomic E-state index is 6.54. The van der Waals surface area contributed by atoms with Crippen molar-refractivity contribution in [2.24, 2.45) is 5.73 Å². The summed E-state index contributed by atoms with van der Waals surface area (Å²) in [5.41, 5.74) is 9.50. The SMILES string of the molecule is CCC1(c2cccs2)c2ccccc2CCC1N. The van der Waals surface area contributed by atoms with Gasteiger partial charge in [-0.05, 0) is 41.8 Å². The van der Waals surface area contributed by atoms with Crippen molar-refractivity contribution in [1.29, 1.82) is 0 Å². The first-order valence-corrected chi connectivity index (χ1v) is 7.55. The molecule has 0 fully saturated rings. The van der Waals surface area contributed by atoms with E-state index in [9.17, 15) is 0 Å². The number of hydrogen-bond donors (Lipinski definition) is 1. The smallest absolute Gasteiger partial charge is 0.0447 e. The van der Waals surface area contributed by atoms with Crippen LogP contribution in [0.25, 0.3) is 0 Å². The summed E-state index contributed by atoms with van der Waals surface area (Å²) in [5, 5.41) is 2.16. The number of fused-ring (bicyclic) bond motifs is 1. The van der Waals surface area contributed by atoms with E-state index in [1.54, 1.807) is 0 Å². The first-order chi connectivity index (χ1) is 8.79.